The molecule has 0 radical (unpaired) electrons. The van der Waals surface area contributed by atoms with Gasteiger partial charge in [0, 0.05) is 5.56 Å². The molecule has 0 amide bonds. The van der Waals surface area contributed by atoms with E-state index in [1.807, 2.05) is 31.2 Å². The van der Waals surface area contributed by atoms with Gasteiger partial charge in [-0.1, -0.05) is 24.3 Å². The molecule has 110 valence electrons. The summed E-state index contributed by atoms with van der Waals surface area (Å²) in [4.78, 5) is 12.0. The molecule has 1 aromatic heterocycles. The van der Waals surface area contributed by atoms with Gasteiger partial charge in [0.15, 0.2) is 0 Å². The van der Waals surface area contributed by atoms with Crippen molar-refractivity contribution in [2.75, 3.05) is 0 Å². The summed E-state index contributed by atoms with van der Waals surface area (Å²) in [6, 6.07) is 14.7. The van der Waals surface area contributed by atoms with Crippen molar-refractivity contribution in [3.8, 4) is 17.2 Å². The Balaban J connectivity index is 1.66. The van der Waals surface area contributed by atoms with Crippen LogP contribution in [0.15, 0.2) is 59.3 Å². The first-order valence-corrected chi connectivity index (χ1v) is 6.84. The average Bonchev–Trinajstić information content (AvgIpc) is 3.05. The molecule has 0 N–H and O–H groups in total. The monoisotopic (exact) mass is 294 g/mol. The van der Waals surface area contributed by atoms with Gasteiger partial charge >= 0.3 is 5.97 Å². The van der Waals surface area contributed by atoms with E-state index < -0.39 is 0 Å². The van der Waals surface area contributed by atoms with Gasteiger partial charge in [-0.3, -0.25) is 4.79 Å². The molecule has 0 saturated heterocycles. The molecule has 3 aromatic rings. The predicted molar refractivity (Wildman–Crippen MR) is 80.3 cm³/mol. The van der Waals surface area contributed by atoms with E-state index in [-0.39, 0.29) is 12.4 Å². The topological polar surface area (TPSA) is 65.2 Å². The minimum atomic E-state index is -0.292. The molecule has 5 heteroatoms. The van der Waals surface area contributed by atoms with Crippen LogP contribution in [0.25, 0.3) is 11.5 Å². The third-order valence-corrected chi connectivity index (χ3v) is 3.29. The van der Waals surface area contributed by atoms with Crippen LogP contribution in [0.4, 0.5) is 0 Å². The summed E-state index contributed by atoms with van der Waals surface area (Å²) in [7, 11) is 0. The summed E-state index contributed by atoms with van der Waals surface area (Å²) in [6.07, 6.45) is 1.52. The molecular formula is C17H14N2O3. The molecule has 0 aliphatic rings. The zero-order valence-electron chi connectivity index (χ0n) is 12.0. The van der Waals surface area contributed by atoms with E-state index in [0.717, 1.165) is 16.7 Å². The highest BCUT2D eigenvalue weighted by atomic mass is 16.5. The Morgan fingerprint density at radius 1 is 1.14 bits per heavy atom. The Bertz CT molecular complexity index is 765. The minimum absolute atomic E-state index is 0.248. The lowest BCUT2D eigenvalue weighted by molar-refractivity contribution is -0.133. The van der Waals surface area contributed by atoms with Gasteiger partial charge < -0.3 is 9.15 Å². The lowest BCUT2D eigenvalue weighted by atomic mass is 10.1. The first-order valence-electron chi connectivity index (χ1n) is 6.84. The highest BCUT2D eigenvalue weighted by Crippen LogP contribution is 2.20. The Morgan fingerprint density at radius 3 is 2.59 bits per heavy atom. The second kappa shape index (κ2) is 6.22. The lowest BCUT2D eigenvalue weighted by Crippen LogP contribution is -2.11. The van der Waals surface area contributed by atoms with Gasteiger partial charge in [0.05, 0.1) is 6.42 Å². The largest absolute Gasteiger partial charge is 0.426 e. The molecule has 5 nitrogen and oxygen atoms in total. The molecule has 22 heavy (non-hydrogen) atoms. The summed E-state index contributed by atoms with van der Waals surface area (Å²) < 4.78 is 10.4. The van der Waals surface area contributed by atoms with Crippen LogP contribution < -0.4 is 4.74 Å². The number of esters is 1. The first-order chi connectivity index (χ1) is 10.7. The van der Waals surface area contributed by atoms with Crippen LogP contribution in [0.5, 0.6) is 5.75 Å². The zero-order chi connectivity index (χ0) is 15.4. The van der Waals surface area contributed by atoms with Crippen molar-refractivity contribution < 1.29 is 13.9 Å². The van der Waals surface area contributed by atoms with Crippen LogP contribution in [-0.4, -0.2) is 16.2 Å². The van der Waals surface area contributed by atoms with Crippen LogP contribution in [0.3, 0.4) is 0 Å². The van der Waals surface area contributed by atoms with Crippen LogP contribution in [0, 0.1) is 6.92 Å². The number of hydrogen-bond donors (Lipinski definition) is 0. The Hall–Kier alpha value is -2.95. The molecule has 0 aliphatic heterocycles. The van der Waals surface area contributed by atoms with Gasteiger partial charge in [-0.15, -0.1) is 10.2 Å². The van der Waals surface area contributed by atoms with Crippen molar-refractivity contribution >= 4 is 5.97 Å². The molecule has 0 atom stereocenters. The van der Waals surface area contributed by atoms with Gasteiger partial charge in [0.25, 0.3) is 0 Å². The van der Waals surface area contributed by atoms with Crippen molar-refractivity contribution in [3.63, 3.8) is 0 Å². The summed E-state index contributed by atoms with van der Waals surface area (Å²) in [5.41, 5.74) is 2.82. The zero-order valence-corrected chi connectivity index (χ0v) is 12.0. The highest BCUT2D eigenvalue weighted by Gasteiger charge is 2.09. The smallest absolute Gasteiger partial charge is 0.315 e. The quantitative estimate of drug-likeness (QED) is 0.546. The lowest BCUT2D eigenvalue weighted by Gasteiger charge is -2.06. The fourth-order valence-electron chi connectivity index (χ4n) is 2.10. The van der Waals surface area contributed by atoms with Gasteiger partial charge in [0.1, 0.15) is 5.75 Å². The van der Waals surface area contributed by atoms with Gasteiger partial charge in [-0.05, 0) is 42.3 Å². The van der Waals surface area contributed by atoms with E-state index >= 15 is 0 Å². The second-order valence-electron chi connectivity index (χ2n) is 4.85. The fraction of sp³-hybridized carbons (Fsp3) is 0.118. The average molecular weight is 294 g/mol. The summed E-state index contributed by atoms with van der Waals surface area (Å²) in [5.74, 6) is 0.625. The van der Waals surface area contributed by atoms with Crippen LogP contribution >= 0.6 is 0 Å². The van der Waals surface area contributed by atoms with E-state index in [1.165, 1.54) is 6.39 Å². The van der Waals surface area contributed by atoms with Crippen molar-refractivity contribution in [2.45, 2.75) is 13.3 Å². The maximum atomic E-state index is 12.0. The van der Waals surface area contributed by atoms with Crippen LogP contribution in [0.2, 0.25) is 0 Å². The number of ether oxygens (including phenoxy) is 1. The number of rotatable bonds is 4. The third kappa shape index (κ3) is 3.20. The van der Waals surface area contributed by atoms with Crippen molar-refractivity contribution in [1.29, 1.82) is 0 Å². The number of hydrogen-bond acceptors (Lipinski definition) is 5. The maximum Gasteiger partial charge on any atom is 0.315 e. The molecule has 3 rings (SSSR count). The van der Waals surface area contributed by atoms with E-state index in [2.05, 4.69) is 10.2 Å². The summed E-state index contributed by atoms with van der Waals surface area (Å²) >= 11 is 0. The number of aromatic nitrogens is 2. The van der Waals surface area contributed by atoms with E-state index in [0.29, 0.717) is 11.6 Å². The van der Waals surface area contributed by atoms with Crippen molar-refractivity contribution in [3.05, 3.63) is 66.1 Å². The molecule has 2 aromatic carbocycles. The Morgan fingerprint density at radius 2 is 1.91 bits per heavy atom. The van der Waals surface area contributed by atoms with Crippen molar-refractivity contribution in [2.24, 2.45) is 0 Å². The molecule has 0 saturated carbocycles. The fourth-order valence-corrected chi connectivity index (χ4v) is 2.10. The number of benzene rings is 2. The molecule has 1 heterocycles. The molecular weight excluding hydrogens is 280 g/mol. The molecule has 0 unspecified atom stereocenters. The first kappa shape index (κ1) is 14.0. The molecule has 0 bridgehead atoms. The SMILES string of the molecule is Cc1ccccc1CC(=O)Oc1ccc(-c2nnco2)cc1. The van der Waals surface area contributed by atoms with Gasteiger partial charge in [0.2, 0.25) is 12.3 Å². The number of aryl methyl sites for hydroxylation is 1. The Kier molecular flexibility index (Phi) is 3.96. The second-order valence-corrected chi connectivity index (χ2v) is 4.85. The maximum absolute atomic E-state index is 12.0. The van der Waals surface area contributed by atoms with Crippen LogP contribution in [0.1, 0.15) is 11.1 Å². The van der Waals surface area contributed by atoms with E-state index in [4.69, 9.17) is 9.15 Å². The Labute approximate surface area is 127 Å². The van der Waals surface area contributed by atoms with Crippen LogP contribution in [-0.2, 0) is 11.2 Å². The number of nitrogens with zero attached hydrogens (tertiary/aromatic N) is 2. The van der Waals surface area contributed by atoms with E-state index in [9.17, 15) is 4.79 Å². The van der Waals surface area contributed by atoms with Crippen molar-refractivity contribution in [1.82, 2.24) is 10.2 Å². The number of carbonyl (C=O) groups excluding carboxylic acids is 1. The molecule has 0 spiro atoms. The molecule has 0 aliphatic carbocycles. The van der Waals surface area contributed by atoms with Gasteiger partial charge in [-0.25, -0.2) is 0 Å². The van der Waals surface area contributed by atoms with Gasteiger partial charge in [-0.2, -0.15) is 0 Å². The standard InChI is InChI=1S/C17H14N2O3/c1-12-4-2-3-5-14(12)10-16(20)22-15-8-6-13(7-9-15)17-19-18-11-21-17/h2-9,11H,10H2,1H3. The molecule has 0 fully saturated rings. The summed E-state index contributed by atoms with van der Waals surface area (Å²) in [6.45, 7) is 1.97. The number of carbonyl (C=O) groups is 1. The normalized spacial score (nSPS) is 10.4. The summed E-state index contributed by atoms with van der Waals surface area (Å²) in [5, 5.41) is 7.44. The predicted octanol–water partition coefficient (Wildman–Crippen LogP) is 3.19. The van der Waals surface area contributed by atoms with E-state index in [1.54, 1.807) is 24.3 Å². The minimum Gasteiger partial charge on any atom is -0.426 e. The third-order valence-electron chi connectivity index (χ3n) is 3.29. The highest BCUT2D eigenvalue weighted by molar-refractivity contribution is 5.75.